The molecule has 33 heavy (non-hydrogen) atoms. The van der Waals surface area contributed by atoms with Gasteiger partial charge in [0.25, 0.3) is 0 Å². The zero-order valence-electron chi connectivity index (χ0n) is 19.3. The number of hydrogen-bond acceptors (Lipinski definition) is 4. The molecule has 3 aromatic rings. The summed E-state index contributed by atoms with van der Waals surface area (Å²) in [5, 5.41) is 3.15. The predicted octanol–water partition coefficient (Wildman–Crippen LogP) is 3.32. The van der Waals surface area contributed by atoms with Gasteiger partial charge in [0.05, 0.1) is 11.7 Å². The number of likely N-dealkylation sites (tertiary alicyclic amines) is 1. The lowest BCUT2D eigenvalue weighted by atomic mass is 9.72. The average molecular weight is 446 g/mol. The number of rotatable bonds is 7. The highest BCUT2D eigenvalue weighted by Crippen LogP contribution is 2.38. The van der Waals surface area contributed by atoms with Crippen LogP contribution in [0.2, 0.25) is 0 Å². The van der Waals surface area contributed by atoms with Crippen LogP contribution in [0.25, 0.3) is 11.1 Å². The van der Waals surface area contributed by atoms with Gasteiger partial charge in [-0.05, 0) is 50.3 Å². The number of nitrogens with zero attached hydrogens (tertiary/aromatic N) is 4. The van der Waals surface area contributed by atoms with E-state index in [0.717, 1.165) is 16.7 Å². The molecule has 1 aliphatic rings. The summed E-state index contributed by atoms with van der Waals surface area (Å²) in [5.74, 6) is 0.127. The number of hydrogen-bond donors (Lipinski definition) is 1. The van der Waals surface area contributed by atoms with Gasteiger partial charge in [-0.2, -0.15) is 0 Å². The zero-order chi connectivity index (χ0) is 23.3. The SMILES string of the molecule is CC(C)NC(=O)C1(Cc2ccccc2-c2cccnc2)CCN(C(=O)Cn2ccnc2)CC1. The molecule has 0 saturated carbocycles. The molecule has 2 aromatic heterocycles. The van der Waals surface area contributed by atoms with Crippen LogP contribution in [-0.2, 0) is 22.6 Å². The van der Waals surface area contributed by atoms with E-state index < -0.39 is 5.41 Å². The standard InChI is InChI=1S/C26H31N5O2/c1-20(2)29-25(33)26(9-13-31(14-10-26)24(32)18-30-15-12-28-19-30)16-21-6-3-4-8-23(21)22-7-5-11-27-17-22/h3-8,11-12,15,17,19-20H,9-10,13-14,16,18H2,1-2H3,(H,29,33). The van der Waals surface area contributed by atoms with Crippen LogP contribution in [0.5, 0.6) is 0 Å². The maximum atomic E-state index is 13.5. The summed E-state index contributed by atoms with van der Waals surface area (Å²) in [6, 6.07) is 12.3. The molecular formula is C26H31N5O2. The summed E-state index contributed by atoms with van der Waals surface area (Å²) >= 11 is 0. The quantitative estimate of drug-likeness (QED) is 0.605. The lowest BCUT2D eigenvalue weighted by molar-refractivity contribution is -0.141. The second-order valence-electron chi connectivity index (χ2n) is 9.10. The van der Waals surface area contributed by atoms with E-state index in [1.165, 1.54) is 0 Å². The molecule has 0 atom stereocenters. The van der Waals surface area contributed by atoms with E-state index in [9.17, 15) is 9.59 Å². The third-order valence-electron chi connectivity index (χ3n) is 6.37. The number of imidazole rings is 1. The summed E-state index contributed by atoms with van der Waals surface area (Å²) < 4.78 is 1.78. The van der Waals surface area contributed by atoms with Crippen LogP contribution in [0.15, 0.2) is 67.5 Å². The van der Waals surface area contributed by atoms with E-state index >= 15 is 0 Å². The Bertz CT molecular complexity index is 1070. The Morgan fingerprint density at radius 3 is 2.52 bits per heavy atom. The minimum atomic E-state index is -0.561. The van der Waals surface area contributed by atoms with Gasteiger partial charge in [-0.1, -0.05) is 30.3 Å². The first-order chi connectivity index (χ1) is 16.0. The van der Waals surface area contributed by atoms with Crippen molar-refractivity contribution in [3.63, 3.8) is 0 Å². The average Bonchev–Trinajstić information content (AvgIpc) is 3.33. The first-order valence-electron chi connectivity index (χ1n) is 11.5. The van der Waals surface area contributed by atoms with E-state index in [-0.39, 0.29) is 24.4 Å². The number of amides is 2. The summed E-state index contributed by atoms with van der Waals surface area (Å²) in [7, 11) is 0. The first-order valence-corrected chi connectivity index (χ1v) is 11.5. The van der Waals surface area contributed by atoms with Crippen molar-refractivity contribution in [2.75, 3.05) is 13.1 Å². The van der Waals surface area contributed by atoms with Gasteiger partial charge in [0.15, 0.2) is 0 Å². The van der Waals surface area contributed by atoms with Gasteiger partial charge >= 0.3 is 0 Å². The number of carbonyl (C=O) groups is 2. The molecule has 1 aliphatic heterocycles. The molecule has 7 nitrogen and oxygen atoms in total. The van der Waals surface area contributed by atoms with Crippen LogP contribution < -0.4 is 5.32 Å². The molecule has 7 heteroatoms. The summed E-state index contributed by atoms with van der Waals surface area (Å²) in [5.41, 5.74) is 2.71. The maximum Gasteiger partial charge on any atom is 0.242 e. The van der Waals surface area contributed by atoms with Crippen molar-refractivity contribution in [1.82, 2.24) is 24.8 Å². The molecule has 4 rings (SSSR count). The van der Waals surface area contributed by atoms with Crippen LogP contribution in [0.1, 0.15) is 32.3 Å². The van der Waals surface area contributed by atoms with Crippen molar-refractivity contribution in [2.45, 2.75) is 45.7 Å². The molecule has 172 valence electrons. The smallest absolute Gasteiger partial charge is 0.242 e. The first kappa shape index (κ1) is 22.7. The molecule has 1 fully saturated rings. The molecule has 1 saturated heterocycles. The second kappa shape index (κ2) is 9.98. The van der Waals surface area contributed by atoms with Crippen molar-refractivity contribution in [1.29, 1.82) is 0 Å². The fraction of sp³-hybridized carbons (Fsp3) is 0.385. The molecule has 0 unspecified atom stereocenters. The van der Waals surface area contributed by atoms with Crippen LogP contribution in [0.3, 0.4) is 0 Å². The highest BCUT2D eigenvalue weighted by molar-refractivity contribution is 5.84. The molecular weight excluding hydrogens is 414 g/mol. The number of carbonyl (C=O) groups excluding carboxylic acids is 2. The molecule has 1 N–H and O–H groups in total. The Morgan fingerprint density at radius 1 is 1.06 bits per heavy atom. The molecule has 0 radical (unpaired) electrons. The van der Waals surface area contributed by atoms with Crippen molar-refractivity contribution < 1.29 is 9.59 Å². The van der Waals surface area contributed by atoms with Gasteiger partial charge in [-0.25, -0.2) is 4.98 Å². The minimum absolute atomic E-state index is 0.0571. The van der Waals surface area contributed by atoms with Gasteiger partial charge in [0.1, 0.15) is 6.54 Å². The Hall–Kier alpha value is -3.48. The van der Waals surface area contributed by atoms with Gasteiger partial charge in [0.2, 0.25) is 11.8 Å². The Kier molecular flexibility index (Phi) is 6.87. The third kappa shape index (κ3) is 5.30. The lowest BCUT2D eigenvalue weighted by Crippen LogP contribution is -2.52. The monoisotopic (exact) mass is 445 g/mol. The topological polar surface area (TPSA) is 80.1 Å². The van der Waals surface area contributed by atoms with Crippen LogP contribution in [0, 0.1) is 5.41 Å². The van der Waals surface area contributed by atoms with Crippen molar-refractivity contribution in [2.24, 2.45) is 5.41 Å². The number of nitrogens with one attached hydrogen (secondary N) is 1. The largest absolute Gasteiger partial charge is 0.353 e. The van der Waals surface area contributed by atoms with E-state index in [4.69, 9.17) is 0 Å². The zero-order valence-corrected chi connectivity index (χ0v) is 19.3. The van der Waals surface area contributed by atoms with Gasteiger partial charge in [-0.3, -0.25) is 14.6 Å². The van der Waals surface area contributed by atoms with Crippen LogP contribution in [-0.4, -0.2) is 50.4 Å². The summed E-state index contributed by atoms with van der Waals surface area (Å²) in [6.45, 7) is 5.37. The van der Waals surface area contributed by atoms with E-state index in [0.29, 0.717) is 32.4 Å². The van der Waals surface area contributed by atoms with Gasteiger partial charge < -0.3 is 14.8 Å². The van der Waals surface area contributed by atoms with Crippen molar-refractivity contribution in [3.05, 3.63) is 73.1 Å². The van der Waals surface area contributed by atoms with Crippen LogP contribution >= 0.6 is 0 Å². The van der Waals surface area contributed by atoms with E-state index in [2.05, 4.69) is 27.4 Å². The van der Waals surface area contributed by atoms with Crippen molar-refractivity contribution in [3.8, 4) is 11.1 Å². The number of benzene rings is 1. The number of pyridine rings is 1. The Morgan fingerprint density at radius 2 is 1.85 bits per heavy atom. The van der Waals surface area contributed by atoms with E-state index in [1.807, 2.05) is 49.2 Å². The van der Waals surface area contributed by atoms with E-state index in [1.54, 1.807) is 29.5 Å². The summed E-state index contributed by atoms with van der Waals surface area (Å²) in [6.07, 6.45) is 10.6. The lowest BCUT2D eigenvalue weighted by Gasteiger charge is -2.41. The maximum absolute atomic E-state index is 13.5. The second-order valence-corrected chi connectivity index (χ2v) is 9.10. The van der Waals surface area contributed by atoms with Crippen LogP contribution in [0.4, 0.5) is 0 Å². The molecule has 0 bridgehead atoms. The molecule has 2 amide bonds. The van der Waals surface area contributed by atoms with Crippen molar-refractivity contribution >= 4 is 11.8 Å². The Labute approximate surface area is 194 Å². The number of piperidine rings is 1. The minimum Gasteiger partial charge on any atom is -0.353 e. The fourth-order valence-corrected chi connectivity index (χ4v) is 4.56. The summed E-state index contributed by atoms with van der Waals surface area (Å²) in [4.78, 5) is 36.4. The Balaban J connectivity index is 1.56. The van der Waals surface area contributed by atoms with Gasteiger partial charge in [-0.15, -0.1) is 0 Å². The molecule has 0 spiro atoms. The molecule has 0 aliphatic carbocycles. The molecule has 1 aromatic carbocycles. The fourth-order valence-electron chi connectivity index (χ4n) is 4.56. The number of aromatic nitrogens is 3. The predicted molar refractivity (Wildman–Crippen MR) is 127 cm³/mol. The highest BCUT2D eigenvalue weighted by atomic mass is 16.2. The highest BCUT2D eigenvalue weighted by Gasteiger charge is 2.42. The molecule has 3 heterocycles. The third-order valence-corrected chi connectivity index (χ3v) is 6.37. The normalized spacial score (nSPS) is 15.4. The van der Waals surface area contributed by atoms with Gasteiger partial charge in [0, 0.05) is 49.5 Å².